The molecule has 0 heterocycles. The van der Waals surface area contributed by atoms with E-state index < -0.39 is 11.9 Å². The Bertz CT molecular complexity index is 729. The van der Waals surface area contributed by atoms with Gasteiger partial charge < -0.3 is 10.4 Å². The average Bonchev–Trinajstić information content (AvgIpc) is 2.37. The summed E-state index contributed by atoms with van der Waals surface area (Å²) in [6.07, 6.45) is 0. The van der Waals surface area contributed by atoms with Gasteiger partial charge in [-0.05, 0) is 42.8 Å². The normalized spacial score (nSPS) is 10.2. The Morgan fingerprint density at radius 2 is 1.81 bits per heavy atom. The van der Waals surface area contributed by atoms with E-state index in [0.717, 1.165) is 5.56 Å². The monoisotopic (exact) mass is 323 g/mol. The van der Waals surface area contributed by atoms with E-state index in [0.29, 0.717) is 16.3 Å². The van der Waals surface area contributed by atoms with Crippen LogP contribution in [0.5, 0.6) is 0 Å². The van der Waals surface area contributed by atoms with Gasteiger partial charge in [0.2, 0.25) is 0 Å². The molecule has 0 atom stereocenters. The van der Waals surface area contributed by atoms with Gasteiger partial charge in [-0.15, -0.1) is 0 Å². The van der Waals surface area contributed by atoms with Gasteiger partial charge >= 0.3 is 5.97 Å². The van der Waals surface area contributed by atoms with Crippen LogP contribution in [-0.4, -0.2) is 17.0 Å². The summed E-state index contributed by atoms with van der Waals surface area (Å²) in [6.45, 7) is 1.86. The first-order chi connectivity index (χ1) is 9.86. The summed E-state index contributed by atoms with van der Waals surface area (Å²) in [6, 6.07) is 9.15. The Hall–Kier alpha value is -2.04. The fraction of sp³-hybridized carbons (Fsp3) is 0.0667. The van der Waals surface area contributed by atoms with Crippen molar-refractivity contribution in [2.75, 3.05) is 5.32 Å². The van der Waals surface area contributed by atoms with Crippen molar-refractivity contribution in [2.24, 2.45) is 0 Å². The Labute approximate surface area is 131 Å². The van der Waals surface area contributed by atoms with Crippen LogP contribution >= 0.6 is 23.2 Å². The zero-order valence-electron chi connectivity index (χ0n) is 11.0. The minimum absolute atomic E-state index is 0.00666. The third-order valence-corrected chi connectivity index (χ3v) is 3.30. The zero-order chi connectivity index (χ0) is 15.6. The number of amides is 1. The highest BCUT2D eigenvalue weighted by Crippen LogP contribution is 2.22. The van der Waals surface area contributed by atoms with Gasteiger partial charge in [0.15, 0.2) is 0 Å². The summed E-state index contributed by atoms with van der Waals surface area (Å²) in [5, 5.41) is 12.1. The molecule has 0 aromatic heterocycles. The molecular formula is C15H11Cl2NO3. The van der Waals surface area contributed by atoms with E-state index in [4.69, 9.17) is 28.3 Å². The van der Waals surface area contributed by atoms with E-state index in [-0.39, 0.29) is 10.6 Å². The maximum Gasteiger partial charge on any atom is 0.335 e. The van der Waals surface area contributed by atoms with Gasteiger partial charge in [0, 0.05) is 10.7 Å². The first-order valence-corrected chi connectivity index (χ1v) is 6.74. The first-order valence-electron chi connectivity index (χ1n) is 5.98. The number of aromatic carboxylic acids is 1. The summed E-state index contributed by atoms with van der Waals surface area (Å²) >= 11 is 11.9. The van der Waals surface area contributed by atoms with Crippen molar-refractivity contribution < 1.29 is 14.7 Å². The van der Waals surface area contributed by atoms with Crippen LogP contribution in [0.15, 0.2) is 36.4 Å². The quantitative estimate of drug-likeness (QED) is 0.887. The maximum atomic E-state index is 12.2. The van der Waals surface area contributed by atoms with Crippen LogP contribution in [0.25, 0.3) is 0 Å². The number of carbonyl (C=O) groups is 2. The molecule has 0 fully saturated rings. The molecule has 1 amide bonds. The SMILES string of the molecule is Cc1ccc(C(=O)Nc2cc(Cl)cc(C(=O)O)c2)c(Cl)c1. The highest BCUT2D eigenvalue weighted by atomic mass is 35.5. The molecule has 0 aliphatic heterocycles. The lowest BCUT2D eigenvalue weighted by Crippen LogP contribution is -2.13. The number of anilines is 1. The van der Waals surface area contributed by atoms with Crippen molar-refractivity contribution in [3.63, 3.8) is 0 Å². The Morgan fingerprint density at radius 3 is 2.43 bits per heavy atom. The van der Waals surface area contributed by atoms with Crippen molar-refractivity contribution >= 4 is 40.8 Å². The third-order valence-electron chi connectivity index (χ3n) is 2.77. The largest absolute Gasteiger partial charge is 0.478 e. The third kappa shape index (κ3) is 3.74. The fourth-order valence-electron chi connectivity index (χ4n) is 1.79. The number of aryl methyl sites for hydroxylation is 1. The molecule has 2 aromatic carbocycles. The van der Waals surface area contributed by atoms with E-state index in [9.17, 15) is 9.59 Å². The van der Waals surface area contributed by atoms with Gasteiger partial charge in [-0.2, -0.15) is 0 Å². The van der Waals surface area contributed by atoms with Crippen molar-refractivity contribution in [3.8, 4) is 0 Å². The number of benzene rings is 2. The van der Waals surface area contributed by atoms with Gasteiger partial charge in [-0.3, -0.25) is 4.79 Å². The topological polar surface area (TPSA) is 66.4 Å². The standard InChI is InChI=1S/C15H11Cl2NO3/c1-8-2-3-12(13(17)4-8)14(19)18-11-6-9(15(20)21)5-10(16)7-11/h2-7H,1H3,(H,18,19)(H,20,21). The molecule has 0 unspecified atom stereocenters. The second kappa shape index (κ2) is 6.16. The molecule has 0 aliphatic carbocycles. The number of halogens is 2. The molecule has 0 bridgehead atoms. The number of nitrogens with one attached hydrogen (secondary N) is 1. The summed E-state index contributed by atoms with van der Waals surface area (Å²) in [5.74, 6) is -1.56. The smallest absolute Gasteiger partial charge is 0.335 e. The van der Waals surface area contributed by atoms with Gasteiger partial charge in [0.25, 0.3) is 5.91 Å². The lowest BCUT2D eigenvalue weighted by Gasteiger charge is -2.08. The molecule has 2 N–H and O–H groups in total. The second-order valence-electron chi connectivity index (χ2n) is 4.47. The Kier molecular flexibility index (Phi) is 4.50. The van der Waals surface area contributed by atoms with Crippen LogP contribution in [0.3, 0.4) is 0 Å². The molecule has 2 aromatic rings. The first kappa shape index (κ1) is 15.4. The molecular weight excluding hydrogens is 313 g/mol. The highest BCUT2D eigenvalue weighted by molar-refractivity contribution is 6.34. The molecule has 2 rings (SSSR count). The minimum atomic E-state index is -1.12. The highest BCUT2D eigenvalue weighted by Gasteiger charge is 2.12. The van der Waals surface area contributed by atoms with E-state index in [1.807, 2.05) is 6.92 Å². The van der Waals surface area contributed by atoms with Crippen molar-refractivity contribution in [1.29, 1.82) is 0 Å². The van der Waals surface area contributed by atoms with E-state index in [1.165, 1.54) is 18.2 Å². The molecule has 0 saturated carbocycles. The average molecular weight is 324 g/mol. The van der Waals surface area contributed by atoms with Crippen molar-refractivity contribution in [1.82, 2.24) is 0 Å². The van der Waals surface area contributed by atoms with E-state index >= 15 is 0 Å². The molecule has 0 radical (unpaired) electrons. The number of carboxylic acids is 1. The number of carbonyl (C=O) groups excluding carboxylic acids is 1. The van der Waals surface area contributed by atoms with Crippen LogP contribution in [0.4, 0.5) is 5.69 Å². The van der Waals surface area contributed by atoms with Gasteiger partial charge in [-0.1, -0.05) is 29.3 Å². The summed E-state index contributed by atoms with van der Waals surface area (Å²) < 4.78 is 0. The lowest BCUT2D eigenvalue weighted by atomic mass is 10.1. The fourth-order valence-corrected chi connectivity index (χ4v) is 2.34. The van der Waals surface area contributed by atoms with Crippen molar-refractivity contribution in [2.45, 2.75) is 6.92 Å². The van der Waals surface area contributed by atoms with Gasteiger partial charge in [0.1, 0.15) is 0 Å². The van der Waals surface area contributed by atoms with Crippen LogP contribution < -0.4 is 5.32 Å². The summed E-state index contributed by atoms with van der Waals surface area (Å²) in [5.41, 5.74) is 1.53. The summed E-state index contributed by atoms with van der Waals surface area (Å²) in [7, 11) is 0. The van der Waals surface area contributed by atoms with E-state index in [2.05, 4.69) is 5.32 Å². The van der Waals surface area contributed by atoms with Gasteiger partial charge in [-0.25, -0.2) is 4.79 Å². The lowest BCUT2D eigenvalue weighted by molar-refractivity contribution is 0.0696. The second-order valence-corrected chi connectivity index (χ2v) is 5.31. The predicted octanol–water partition coefficient (Wildman–Crippen LogP) is 4.25. The van der Waals surface area contributed by atoms with Crippen LogP contribution in [0.2, 0.25) is 10.0 Å². The van der Waals surface area contributed by atoms with Crippen LogP contribution in [0, 0.1) is 6.92 Å². The number of hydrogen-bond donors (Lipinski definition) is 2. The molecule has 0 saturated heterocycles. The zero-order valence-corrected chi connectivity index (χ0v) is 12.5. The molecule has 0 spiro atoms. The van der Waals surface area contributed by atoms with Crippen LogP contribution in [0.1, 0.15) is 26.3 Å². The van der Waals surface area contributed by atoms with E-state index in [1.54, 1.807) is 18.2 Å². The van der Waals surface area contributed by atoms with Crippen molar-refractivity contribution in [3.05, 3.63) is 63.1 Å². The number of hydrogen-bond acceptors (Lipinski definition) is 2. The van der Waals surface area contributed by atoms with Gasteiger partial charge in [0.05, 0.1) is 16.1 Å². The Morgan fingerprint density at radius 1 is 1.10 bits per heavy atom. The number of carboxylic acid groups (broad SMARTS) is 1. The Balaban J connectivity index is 2.29. The number of rotatable bonds is 3. The minimum Gasteiger partial charge on any atom is -0.478 e. The summed E-state index contributed by atoms with van der Waals surface area (Å²) in [4.78, 5) is 23.1. The molecule has 4 nitrogen and oxygen atoms in total. The predicted molar refractivity (Wildman–Crippen MR) is 82.6 cm³/mol. The maximum absolute atomic E-state index is 12.2. The van der Waals surface area contributed by atoms with Crippen LogP contribution in [-0.2, 0) is 0 Å². The molecule has 108 valence electrons. The molecule has 6 heteroatoms. The molecule has 0 aliphatic rings. The molecule has 21 heavy (non-hydrogen) atoms.